The highest BCUT2D eigenvalue weighted by atomic mass is 16.5. The Morgan fingerprint density at radius 3 is 2.73 bits per heavy atom. The second kappa shape index (κ2) is 7.45. The average Bonchev–Trinajstić information content (AvgIpc) is 2.49. The van der Waals surface area contributed by atoms with E-state index in [1.165, 1.54) is 0 Å². The Labute approximate surface area is 130 Å². The highest BCUT2D eigenvalue weighted by molar-refractivity contribution is 6.04. The predicted molar refractivity (Wildman–Crippen MR) is 88.6 cm³/mol. The monoisotopic (exact) mass is 299 g/mol. The third-order valence-electron chi connectivity index (χ3n) is 2.87. The first-order valence-electron chi connectivity index (χ1n) is 7.35. The first-order chi connectivity index (χ1) is 10.6. The quantitative estimate of drug-likeness (QED) is 0.856. The highest BCUT2D eigenvalue weighted by Crippen LogP contribution is 2.16. The van der Waals surface area contributed by atoms with Crippen LogP contribution in [-0.4, -0.2) is 23.5 Å². The predicted octanol–water partition coefficient (Wildman–Crippen LogP) is 3.55. The van der Waals surface area contributed by atoms with Crippen LogP contribution in [0.5, 0.6) is 5.75 Å². The van der Waals surface area contributed by atoms with Crippen LogP contribution in [0.1, 0.15) is 31.1 Å². The van der Waals surface area contributed by atoms with Crippen LogP contribution in [0.25, 0.3) is 0 Å². The molecule has 22 heavy (non-hydrogen) atoms. The Morgan fingerprint density at radius 1 is 1.27 bits per heavy atom. The van der Waals surface area contributed by atoms with Crippen molar-refractivity contribution >= 4 is 17.4 Å². The van der Waals surface area contributed by atoms with Crippen LogP contribution in [0.4, 0.5) is 11.5 Å². The molecule has 1 amide bonds. The molecule has 0 radical (unpaired) electrons. The summed E-state index contributed by atoms with van der Waals surface area (Å²) in [6, 6.07) is 11.1. The highest BCUT2D eigenvalue weighted by Gasteiger charge is 2.07. The van der Waals surface area contributed by atoms with Gasteiger partial charge in [-0.2, -0.15) is 0 Å². The molecule has 2 N–H and O–H groups in total. The molecule has 2 rings (SSSR count). The summed E-state index contributed by atoms with van der Waals surface area (Å²) in [5, 5.41) is 6.02. The lowest BCUT2D eigenvalue weighted by Gasteiger charge is -2.10. The van der Waals surface area contributed by atoms with Crippen molar-refractivity contribution in [2.75, 3.05) is 17.2 Å². The summed E-state index contributed by atoms with van der Waals surface area (Å²) in [5.74, 6) is 1.28. The second-order valence-electron chi connectivity index (χ2n) is 5.15. The van der Waals surface area contributed by atoms with Crippen LogP contribution < -0.4 is 15.4 Å². The molecular formula is C17H21N3O2. The molecule has 0 aliphatic heterocycles. The van der Waals surface area contributed by atoms with E-state index in [0.717, 1.165) is 5.82 Å². The lowest BCUT2D eigenvalue weighted by molar-refractivity contribution is 0.102. The number of nitrogens with one attached hydrogen (secondary N) is 2. The van der Waals surface area contributed by atoms with Crippen molar-refractivity contribution in [3.05, 3.63) is 48.2 Å². The Morgan fingerprint density at radius 2 is 2.09 bits per heavy atom. The fourth-order valence-electron chi connectivity index (χ4n) is 1.95. The summed E-state index contributed by atoms with van der Waals surface area (Å²) in [6.07, 6.45) is 1.63. The molecule has 0 spiro atoms. The number of aromatic nitrogens is 1. The van der Waals surface area contributed by atoms with Crippen LogP contribution in [-0.2, 0) is 0 Å². The molecule has 1 heterocycles. The van der Waals surface area contributed by atoms with Gasteiger partial charge in [0.2, 0.25) is 0 Å². The summed E-state index contributed by atoms with van der Waals surface area (Å²) in [4.78, 5) is 16.5. The zero-order valence-electron chi connectivity index (χ0n) is 13.1. The van der Waals surface area contributed by atoms with Crippen molar-refractivity contribution in [3.63, 3.8) is 0 Å². The van der Waals surface area contributed by atoms with Crippen molar-refractivity contribution in [1.29, 1.82) is 0 Å². The summed E-state index contributed by atoms with van der Waals surface area (Å²) >= 11 is 0. The van der Waals surface area contributed by atoms with Gasteiger partial charge in [0.15, 0.2) is 0 Å². The largest absolute Gasteiger partial charge is 0.494 e. The van der Waals surface area contributed by atoms with Gasteiger partial charge in [0.05, 0.1) is 18.5 Å². The van der Waals surface area contributed by atoms with Crippen molar-refractivity contribution in [3.8, 4) is 5.75 Å². The third-order valence-corrected chi connectivity index (χ3v) is 2.87. The lowest BCUT2D eigenvalue weighted by atomic mass is 10.2. The van der Waals surface area contributed by atoms with Gasteiger partial charge < -0.3 is 15.4 Å². The first-order valence-corrected chi connectivity index (χ1v) is 7.35. The van der Waals surface area contributed by atoms with Crippen LogP contribution in [0, 0.1) is 0 Å². The molecule has 1 aromatic carbocycles. The van der Waals surface area contributed by atoms with E-state index in [4.69, 9.17) is 4.74 Å². The van der Waals surface area contributed by atoms with E-state index < -0.39 is 0 Å². The normalized spacial score (nSPS) is 10.4. The Kier molecular flexibility index (Phi) is 5.36. The summed E-state index contributed by atoms with van der Waals surface area (Å²) in [6.45, 7) is 6.57. The minimum atomic E-state index is -0.187. The molecule has 0 fully saturated rings. The van der Waals surface area contributed by atoms with E-state index >= 15 is 0 Å². The molecule has 5 nitrogen and oxygen atoms in total. The summed E-state index contributed by atoms with van der Waals surface area (Å²) in [7, 11) is 0. The number of amides is 1. The van der Waals surface area contributed by atoms with Crippen LogP contribution in [0.3, 0.4) is 0 Å². The van der Waals surface area contributed by atoms with Crippen LogP contribution in [0.2, 0.25) is 0 Å². The van der Waals surface area contributed by atoms with Crippen molar-refractivity contribution < 1.29 is 9.53 Å². The zero-order chi connectivity index (χ0) is 15.9. The van der Waals surface area contributed by atoms with Crippen LogP contribution in [0.15, 0.2) is 42.6 Å². The fraction of sp³-hybridized carbons (Fsp3) is 0.294. The van der Waals surface area contributed by atoms with Gasteiger partial charge in [0, 0.05) is 11.6 Å². The maximum atomic E-state index is 12.2. The van der Waals surface area contributed by atoms with Gasteiger partial charge in [-0.25, -0.2) is 4.98 Å². The Bertz CT molecular complexity index is 624. The number of nitrogens with zero attached hydrogens (tertiary/aromatic N) is 1. The van der Waals surface area contributed by atoms with E-state index in [2.05, 4.69) is 15.6 Å². The molecule has 0 unspecified atom stereocenters. The summed E-state index contributed by atoms with van der Waals surface area (Å²) in [5.41, 5.74) is 1.21. The van der Waals surface area contributed by atoms with Crippen molar-refractivity contribution in [1.82, 2.24) is 4.98 Å². The molecule has 1 aromatic heterocycles. The standard InChI is InChI=1S/C17H21N3O2/c1-4-22-15-7-5-6-13(10-15)17(21)20-14-8-9-16(18-11-14)19-12(2)3/h5-12H,4H2,1-3H3,(H,18,19)(H,20,21). The summed E-state index contributed by atoms with van der Waals surface area (Å²) < 4.78 is 5.40. The van der Waals surface area contributed by atoms with E-state index in [1.807, 2.05) is 39.0 Å². The van der Waals surface area contributed by atoms with E-state index in [0.29, 0.717) is 29.6 Å². The SMILES string of the molecule is CCOc1cccc(C(=O)Nc2ccc(NC(C)C)nc2)c1. The number of rotatable bonds is 6. The number of ether oxygens (including phenoxy) is 1. The lowest BCUT2D eigenvalue weighted by Crippen LogP contribution is -2.13. The third kappa shape index (κ3) is 4.48. The smallest absolute Gasteiger partial charge is 0.255 e. The Balaban J connectivity index is 2.03. The number of carbonyl (C=O) groups is 1. The van der Waals surface area contributed by atoms with Gasteiger partial charge in [-0.3, -0.25) is 4.79 Å². The van der Waals surface area contributed by atoms with Gasteiger partial charge in [0.25, 0.3) is 5.91 Å². The molecule has 5 heteroatoms. The molecule has 0 atom stereocenters. The number of hydrogen-bond acceptors (Lipinski definition) is 4. The molecular weight excluding hydrogens is 278 g/mol. The molecule has 2 aromatic rings. The average molecular weight is 299 g/mol. The van der Waals surface area contributed by atoms with Gasteiger partial charge in [-0.15, -0.1) is 0 Å². The Hall–Kier alpha value is -2.56. The number of carbonyl (C=O) groups excluding carboxylic acids is 1. The van der Waals surface area contributed by atoms with Gasteiger partial charge in [-0.1, -0.05) is 6.07 Å². The maximum Gasteiger partial charge on any atom is 0.255 e. The molecule has 0 saturated heterocycles. The first kappa shape index (κ1) is 15.8. The maximum absolute atomic E-state index is 12.2. The van der Waals surface area contributed by atoms with Crippen molar-refractivity contribution in [2.45, 2.75) is 26.8 Å². The van der Waals surface area contributed by atoms with E-state index in [-0.39, 0.29) is 5.91 Å². The zero-order valence-corrected chi connectivity index (χ0v) is 13.1. The van der Waals surface area contributed by atoms with Crippen LogP contribution >= 0.6 is 0 Å². The number of benzene rings is 1. The molecule has 0 aliphatic rings. The van der Waals surface area contributed by atoms with E-state index in [1.54, 1.807) is 24.4 Å². The second-order valence-corrected chi connectivity index (χ2v) is 5.15. The molecule has 0 saturated carbocycles. The molecule has 116 valence electrons. The van der Waals surface area contributed by atoms with Gasteiger partial charge >= 0.3 is 0 Å². The number of pyridine rings is 1. The topological polar surface area (TPSA) is 63.2 Å². The minimum Gasteiger partial charge on any atom is -0.494 e. The minimum absolute atomic E-state index is 0.187. The van der Waals surface area contributed by atoms with E-state index in [9.17, 15) is 4.79 Å². The molecule has 0 bridgehead atoms. The van der Waals surface area contributed by atoms with Gasteiger partial charge in [0.1, 0.15) is 11.6 Å². The fourth-order valence-corrected chi connectivity index (χ4v) is 1.95. The number of hydrogen-bond donors (Lipinski definition) is 2. The molecule has 0 aliphatic carbocycles. The van der Waals surface area contributed by atoms with Gasteiger partial charge in [-0.05, 0) is 51.1 Å². The number of anilines is 2. The van der Waals surface area contributed by atoms with Crippen molar-refractivity contribution in [2.24, 2.45) is 0 Å².